The first-order valence-corrected chi connectivity index (χ1v) is 16.0. The van der Waals surface area contributed by atoms with Gasteiger partial charge < -0.3 is 10.4 Å². The lowest BCUT2D eigenvalue weighted by molar-refractivity contribution is -0.184. The Kier molecular flexibility index (Phi) is 9.50. The predicted molar refractivity (Wildman–Crippen MR) is 150 cm³/mol. The molecule has 7 nitrogen and oxygen atoms in total. The van der Waals surface area contributed by atoms with Crippen molar-refractivity contribution in [3.8, 4) is 0 Å². The standard InChI is InChI=1S/C30H40F3N3O4S/c1-5-41(39,40)25-12-8-21(9-13-25)26(19(4)37)35-29(38)22-14-23-17-36(28(18(2)3)27(23)34-15-22)16-20-6-10-24(11-7-20)30(31,32)33/h8-9,12-15,18-20,24,26,28,37H,5-7,10-11,16-17H2,1-4H3,(H,35,38)/t19-,20?,24?,26-,28-/m0/s1. The minimum Gasteiger partial charge on any atom is -0.391 e. The molecule has 2 heterocycles. The van der Waals surface area contributed by atoms with Gasteiger partial charge in [-0.25, -0.2) is 8.42 Å². The van der Waals surface area contributed by atoms with Crippen LogP contribution in [0, 0.1) is 17.8 Å². The molecule has 1 fully saturated rings. The van der Waals surface area contributed by atoms with Crippen molar-refractivity contribution in [3.63, 3.8) is 0 Å². The van der Waals surface area contributed by atoms with Gasteiger partial charge in [0.1, 0.15) is 0 Å². The number of sulfone groups is 1. The molecule has 2 N–H and O–H groups in total. The average molecular weight is 596 g/mol. The second-order valence-corrected chi connectivity index (χ2v) is 14.1. The van der Waals surface area contributed by atoms with Crippen molar-refractivity contribution in [2.45, 2.75) is 89.2 Å². The Morgan fingerprint density at radius 2 is 1.76 bits per heavy atom. The Labute approximate surface area is 240 Å². The summed E-state index contributed by atoms with van der Waals surface area (Å²) in [6, 6.07) is 7.20. The van der Waals surface area contributed by atoms with E-state index < -0.39 is 40.0 Å². The molecule has 2 aromatic rings. The summed E-state index contributed by atoms with van der Waals surface area (Å²) in [4.78, 5) is 20.4. The van der Waals surface area contributed by atoms with E-state index in [1.54, 1.807) is 26.0 Å². The number of nitrogens with zero attached hydrogens (tertiary/aromatic N) is 2. The number of benzene rings is 1. The van der Waals surface area contributed by atoms with Crippen LogP contribution in [0.1, 0.15) is 92.6 Å². The number of carbonyl (C=O) groups is 1. The number of nitrogens with one attached hydrogen (secondary N) is 1. The molecule has 4 rings (SSSR count). The molecular weight excluding hydrogens is 555 g/mol. The van der Waals surface area contributed by atoms with E-state index in [0.717, 1.165) is 11.3 Å². The highest BCUT2D eigenvalue weighted by molar-refractivity contribution is 7.91. The second kappa shape index (κ2) is 12.4. The zero-order valence-corrected chi connectivity index (χ0v) is 24.8. The fourth-order valence-electron chi connectivity index (χ4n) is 6.20. The van der Waals surface area contributed by atoms with Gasteiger partial charge in [-0.15, -0.1) is 0 Å². The van der Waals surface area contributed by atoms with Crippen molar-refractivity contribution >= 4 is 15.7 Å². The van der Waals surface area contributed by atoms with Crippen LogP contribution >= 0.6 is 0 Å². The van der Waals surface area contributed by atoms with E-state index in [-0.39, 0.29) is 41.4 Å². The van der Waals surface area contributed by atoms with E-state index >= 15 is 0 Å². The molecule has 0 spiro atoms. The molecule has 1 aromatic carbocycles. The fraction of sp³-hybridized carbons (Fsp3) is 0.600. The number of amides is 1. The van der Waals surface area contributed by atoms with Crippen LogP contribution in [0.5, 0.6) is 0 Å². The van der Waals surface area contributed by atoms with Crippen molar-refractivity contribution < 1.29 is 31.5 Å². The molecule has 1 saturated carbocycles. The van der Waals surface area contributed by atoms with Gasteiger partial charge in [0.25, 0.3) is 5.91 Å². The number of aliphatic hydroxyl groups is 1. The lowest BCUT2D eigenvalue weighted by Crippen LogP contribution is -2.35. The van der Waals surface area contributed by atoms with Gasteiger partial charge in [0.2, 0.25) is 0 Å². The minimum absolute atomic E-state index is 0.0191. The van der Waals surface area contributed by atoms with E-state index in [0.29, 0.717) is 37.1 Å². The molecule has 1 amide bonds. The van der Waals surface area contributed by atoms with Crippen molar-refractivity contribution in [1.29, 1.82) is 0 Å². The number of halogens is 3. The Balaban J connectivity index is 1.47. The van der Waals surface area contributed by atoms with Gasteiger partial charge in [-0.1, -0.05) is 32.9 Å². The van der Waals surface area contributed by atoms with Crippen LogP contribution < -0.4 is 5.32 Å². The summed E-state index contributed by atoms with van der Waals surface area (Å²) in [5.74, 6) is -1.22. The van der Waals surface area contributed by atoms with E-state index in [1.165, 1.54) is 18.3 Å². The summed E-state index contributed by atoms with van der Waals surface area (Å²) in [5.41, 5.74) is 2.72. The summed E-state index contributed by atoms with van der Waals surface area (Å²) in [6.07, 6.45) is -2.09. The van der Waals surface area contributed by atoms with Gasteiger partial charge in [0, 0.05) is 19.3 Å². The molecular formula is C30H40F3N3O4S. The maximum Gasteiger partial charge on any atom is 0.391 e. The number of rotatable bonds is 9. The van der Waals surface area contributed by atoms with Gasteiger partial charge in [0.15, 0.2) is 9.84 Å². The first-order valence-electron chi connectivity index (χ1n) is 14.3. The lowest BCUT2D eigenvalue weighted by atomic mass is 9.81. The molecule has 11 heteroatoms. The maximum atomic E-state index is 13.3. The molecule has 3 atom stereocenters. The van der Waals surface area contributed by atoms with Crippen LogP contribution in [0.3, 0.4) is 0 Å². The molecule has 226 valence electrons. The normalized spacial score (nSPS) is 23.3. The quantitative estimate of drug-likeness (QED) is 0.391. The number of aliphatic hydroxyl groups excluding tert-OH is 1. The smallest absolute Gasteiger partial charge is 0.391 e. The average Bonchev–Trinajstić information content (AvgIpc) is 3.28. The molecule has 0 unspecified atom stereocenters. The summed E-state index contributed by atoms with van der Waals surface area (Å²) in [5, 5.41) is 13.3. The van der Waals surface area contributed by atoms with Crippen molar-refractivity contribution in [2.75, 3.05) is 12.3 Å². The summed E-state index contributed by atoms with van der Waals surface area (Å²) >= 11 is 0. The minimum atomic E-state index is -4.12. The number of aromatic nitrogens is 1. The molecule has 1 aromatic heterocycles. The van der Waals surface area contributed by atoms with Crippen LogP contribution in [-0.2, 0) is 16.4 Å². The molecule has 1 aliphatic heterocycles. The van der Waals surface area contributed by atoms with Crippen LogP contribution in [0.4, 0.5) is 13.2 Å². The van der Waals surface area contributed by atoms with Crippen LogP contribution in [0.15, 0.2) is 41.4 Å². The van der Waals surface area contributed by atoms with Crippen molar-refractivity contribution in [2.24, 2.45) is 17.8 Å². The molecule has 2 aliphatic rings. The third-order valence-electron chi connectivity index (χ3n) is 8.49. The highest BCUT2D eigenvalue weighted by atomic mass is 32.2. The zero-order chi connectivity index (χ0) is 30.1. The third kappa shape index (κ3) is 7.11. The van der Waals surface area contributed by atoms with Gasteiger partial charge >= 0.3 is 6.18 Å². The summed E-state index contributed by atoms with van der Waals surface area (Å²) < 4.78 is 63.7. The van der Waals surface area contributed by atoms with Crippen LogP contribution in [0.2, 0.25) is 0 Å². The second-order valence-electron chi connectivity index (χ2n) is 11.8. The molecule has 41 heavy (non-hydrogen) atoms. The third-order valence-corrected chi connectivity index (χ3v) is 10.2. The van der Waals surface area contributed by atoms with E-state index in [9.17, 15) is 31.5 Å². The number of hydrogen-bond acceptors (Lipinski definition) is 6. The fourth-order valence-corrected chi connectivity index (χ4v) is 7.09. The highest BCUT2D eigenvalue weighted by Gasteiger charge is 2.42. The van der Waals surface area contributed by atoms with Gasteiger partial charge in [0.05, 0.1) is 46.0 Å². The van der Waals surface area contributed by atoms with Crippen molar-refractivity contribution in [1.82, 2.24) is 15.2 Å². The summed E-state index contributed by atoms with van der Waals surface area (Å²) in [7, 11) is -3.37. The topological polar surface area (TPSA) is 99.6 Å². The predicted octanol–water partition coefficient (Wildman–Crippen LogP) is 5.61. The van der Waals surface area contributed by atoms with Gasteiger partial charge in [-0.3, -0.25) is 14.7 Å². The molecule has 0 saturated heterocycles. The van der Waals surface area contributed by atoms with Crippen LogP contribution in [-0.4, -0.2) is 53.9 Å². The maximum absolute atomic E-state index is 13.3. The Bertz CT molecular complexity index is 1320. The molecule has 0 bridgehead atoms. The molecule has 0 radical (unpaired) electrons. The SMILES string of the molecule is CCS(=O)(=O)c1ccc([C@@H](NC(=O)c2cnc3c(c2)CN(CC2CCC(C(F)(F)F)CC2)[C@H]3C(C)C)[C@H](C)O)cc1. The zero-order valence-electron chi connectivity index (χ0n) is 24.0. The Morgan fingerprint density at radius 1 is 1.12 bits per heavy atom. The van der Waals surface area contributed by atoms with E-state index in [2.05, 4.69) is 29.0 Å². The lowest BCUT2D eigenvalue weighted by Gasteiger charge is -2.35. The Morgan fingerprint density at radius 3 is 2.29 bits per heavy atom. The largest absolute Gasteiger partial charge is 0.391 e. The first-order chi connectivity index (χ1) is 19.2. The van der Waals surface area contributed by atoms with Gasteiger partial charge in [-0.05, 0) is 73.8 Å². The Hall–Kier alpha value is -2.50. The molecule has 1 aliphatic carbocycles. The first kappa shape index (κ1) is 31.4. The number of pyridine rings is 1. The number of carbonyl (C=O) groups excluding carboxylic acids is 1. The van der Waals surface area contributed by atoms with E-state index in [4.69, 9.17) is 0 Å². The van der Waals surface area contributed by atoms with E-state index in [1.807, 2.05) is 6.07 Å². The number of alkyl halides is 3. The number of fused-ring (bicyclic) bond motifs is 1. The highest BCUT2D eigenvalue weighted by Crippen LogP contribution is 2.43. The number of hydrogen-bond donors (Lipinski definition) is 2. The van der Waals surface area contributed by atoms with Crippen LogP contribution in [0.25, 0.3) is 0 Å². The van der Waals surface area contributed by atoms with Crippen molar-refractivity contribution in [3.05, 3.63) is 58.9 Å². The monoisotopic (exact) mass is 595 g/mol. The summed E-state index contributed by atoms with van der Waals surface area (Å²) in [6.45, 7) is 8.57. The van der Waals surface area contributed by atoms with Gasteiger partial charge in [-0.2, -0.15) is 13.2 Å².